The van der Waals surface area contributed by atoms with Crippen LogP contribution in [-0.4, -0.2) is 35.9 Å². The van der Waals surface area contributed by atoms with Gasteiger partial charge >= 0.3 is 15.6 Å². The molecule has 126 valence electrons. The summed E-state index contributed by atoms with van der Waals surface area (Å²) in [5.74, 6) is 0. The Labute approximate surface area is 151 Å². The zero-order valence-corrected chi connectivity index (χ0v) is 15.8. The lowest BCUT2D eigenvalue weighted by Gasteiger charge is -2.32. The molecular weight excluding hydrogens is 424 g/mol. The molecule has 0 spiro atoms. The molecule has 1 aromatic rings. The standard InChI is InChI=1S/C10H10Cl4F2N2O2S2/c1-17(2)22(19,20)18(8-5-3-7(11)4-6-8)21-9(12,13)10(14,15)16/h3-6H,1-2H3. The Bertz CT molecular complexity index is 621. The summed E-state index contributed by atoms with van der Waals surface area (Å²) in [6, 6.07) is 5.40. The van der Waals surface area contributed by atoms with Crippen LogP contribution in [0.15, 0.2) is 24.3 Å². The first kappa shape index (κ1) is 20.3. The number of halogens is 6. The Balaban J connectivity index is 3.34. The van der Waals surface area contributed by atoms with E-state index in [1.807, 2.05) is 0 Å². The highest BCUT2D eigenvalue weighted by molar-refractivity contribution is 8.16. The van der Waals surface area contributed by atoms with Crippen LogP contribution in [0.25, 0.3) is 0 Å². The van der Waals surface area contributed by atoms with Gasteiger partial charge in [0.25, 0.3) is 3.67 Å². The molecule has 0 aromatic heterocycles. The van der Waals surface area contributed by atoms with Crippen LogP contribution in [0.3, 0.4) is 0 Å². The highest BCUT2D eigenvalue weighted by Crippen LogP contribution is 2.52. The van der Waals surface area contributed by atoms with Crippen molar-refractivity contribution in [2.24, 2.45) is 0 Å². The molecule has 0 aliphatic heterocycles. The zero-order chi connectivity index (χ0) is 17.3. The maximum Gasteiger partial charge on any atom is 0.365 e. The number of benzene rings is 1. The lowest BCUT2D eigenvalue weighted by molar-refractivity contribution is 0.103. The van der Waals surface area contributed by atoms with E-state index in [9.17, 15) is 17.2 Å². The van der Waals surface area contributed by atoms with Crippen molar-refractivity contribution in [3.05, 3.63) is 29.3 Å². The van der Waals surface area contributed by atoms with E-state index in [0.717, 1.165) is 4.31 Å². The lowest BCUT2D eigenvalue weighted by Crippen LogP contribution is -2.41. The predicted molar refractivity (Wildman–Crippen MR) is 89.4 cm³/mol. The first-order chi connectivity index (χ1) is 9.79. The van der Waals surface area contributed by atoms with Crippen molar-refractivity contribution in [3.63, 3.8) is 0 Å². The molecule has 4 nitrogen and oxygen atoms in total. The maximum atomic E-state index is 13.3. The number of nitrogens with zero attached hydrogens (tertiary/aromatic N) is 2. The molecule has 0 bridgehead atoms. The van der Waals surface area contributed by atoms with E-state index in [1.54, 1.807) is 0 Å². The Morgan fingerprint density at radius 2 is 1.55 bits per heavy atom. The van der Waals surface area contributed by atoms with Gasteiger partial charge in [0.1, 0.15) is 0 Å². The van der Waals surface area contributed by atoms with Gasteiger partial charge in [0.05, 0.1) is 5.69 Å². The minimum absolute atomic E-state index is 0.0229. The summed E-state index contributed by atoms with van der Waals surface area (Å²) in [4.78, 5) is 0. The molecule has 0 radical (unpaired) electrons. The Morgan fingerprint density at radius 3 is 1.91 bits per heavy atom. The average molecular weight is 434 g/mol. The van der Waals surface area contributed by atoms with Crippen molar-refractivity contribution in [1.29, 1.82) is 0 Å². The van der Waals surface area contributed by atoms with Crippen molar-refractivity contribution in [3.8, 4) is 0 Å². The molecular formula is C10H10Cl4F2N2O2S2. The van der Waals surface area contributed by atoms with Crippen LogP contribution in [0.4, 0.5) is 14.5 Å². The zero-order valence-electron chi connectivity index (χ0n) is 11.1. The smallest absolute Gasteiger partial charge is 0.196 e. The van der Waals surface area contributed by atoms with Crippen molar-refractivity contribution >= 4 is 74.2 Å². The van der Waals surface area contributed by atoms with Crippen LogP contribution in [0, 0.1) is 0 Å². The molecule has 1 aromatic carbocycles. The molecule has 0 heterocycles. The lowest BCUT2D eigenvalue weighted by atomic mass is 10.3. The van der Waals surface area contributed by atoms with Gasteiger partial charge in [-0.15, -0.1) is 0 Å². The number of hydrogen-bond donors (Lipinski definition) is 0. The van der Waals surface area contributed by atoms with Crippen molar-refractivity contribution < 1.29 is 17.2 Å². The monoisotopic (exact) mass is 432 g/mol. The molecule has 0 N–H and O–H groups in total. The molecule has 22 heavy (non-hydrogen) atoms. The van der Waals surface area contributed by atoms with Crippen molar-refractivity contribution in [2.75, 3.05) is 17.8 Å². The largest absolute Gasteiger partial charge is 0.365 e. The summed E-state index contributed by atoms with van der Waals surface area (Å²) in [5, 5.41) is -3.74. The number of anilines is 1. The number of hydrogen-bond acceptors (Lipinski definition) is 3. The highest BCUT2D eigenvalue weighted by Gasteiger charge is 2.54. The molecule has 1 rings (SSSR count). The fraction of sp³-hybridized carbons (Fsp3) is 0.400. The quantitative estimate of drug-likeness (QED) is 0.487. The highest BCUT2D eigenvalue weighted by atomic mass is 35.5. The number of rotatable bonds is 6. The number of alkyl halides is 5. The summed E-state index contributed by atoms with van der Waals surface area (Å²) in [5.41, 5.74) is 0.0229. The minimum atomic E-state index is -4.17. The Morgan fingerprint density at radius 1 is 1.09 bits per heavy atom. The molecule has 0 unspecified atom stereocenters. The molecule has 0 fully saturated rings. The second kappa shape index (κ2) is 7.04. The average Bonchev–Trinajstić information content (AvgIpc) is 2.35. The normalized spacial score (nSPS) is 13.5. The maximum absolute atomic E-state index is 13.3. The van der Waals surface area contributed by atoms with Crippen LogP contribution in [0.2, 0.25) is 5.02 Å². The Hall–Kier alpha value is 0.300. The van der Waals surface area contributed by atoms with Crippen LogP contribution in [0.5, 0.6) is 0 Å². The summed E-state index contributed by atoms with van der Waals surface area (Å²) >= 11 is 21.5. The van der Waals surface area contributed by atoms with E-state index in [4.69, 9.17) is 46.4 Å². The third kappa shape index (κ3) is 4.66. The van der Waals surface area contributed by atoms with Crippen LogP contribution in [-0.2, 0) is 10.2 Å². The topological polar surface area (TPSA) is 40.6 Å². The van der Waals surface area contributed by atoms with Gasteiger partial charge in [0, 0.05) is 31.1 Å². The van der Waals surface area contributed by atoms with Crippen molar-refractivity contribution in [2.45, 2.75) is 9.05 Å². The van der Waals surface area contributed by atoms with Gasteiger partial charge in [-0.25, -0.2) is 0 Å². The van der Waals surface area contributed by atoms with E-state index < -0.39 is 19.3 Å². The fourth-order valence-electron chi connectivity index (χ4n) is 1.10. The van der Waals surface area contributed by atoms with E-state index in [1.165, 1.54) is 38.4 Å². The van der Waals surface area contributed by atoms with Gasteiger partial charge in [-0.05, 0) is 35.9 Å². The first-order valence-electron chi connectivity index (χ1n) is 5.41. The third-order valence-corrected chi connectivity index (χ3v) is 7.17. The van der Waals surface area contributed by atoms with Gasteiger partial charge in [-0.2, -0.15) is 25.2 Å². The van der Waals surface area contributed by atoms with Gasteiger partial charge in [-0.3, -0.25) is 0 Å². The second-order valence-electron chi connectivity index (χ2n) is 4.10. The van der Waals surface area contributed by atoms with E-state index in [-0.39, 0.29) is 17.6 Å². The van der Waals surface area contributed by atoms with Crippen LogP contribution >= 0.6 is 58.4 Å². The Kier molecular flexibility index (Phi) is 6.51. The molecule has 0 atom stereocenters. The second-order valence-corrected chi connectivity index (χ2v) is 10.2. The summed E-state index contributed by atoms with van der Waals surface area (Å²) in [7, 11) is -1.72. The minimum Gasteiger partial charge on any atom is -0.196 e. The first-order valence-corrected chi connectivity index (χ1v) is 9.09. The molecule has 12 heteroatoms. The predicted octanol–water partition coefficient (Wildman–Crippen LogP) is 4.56. The van der Waals surface area contributed by atoms with E-state index >= 15 is 0 Å². The van der Waals surface area contributed by atoms with Gasteiger partial charge in [-0.1, -0.05) is 34.8 Å². The summed E-state index contributed by atoms with van der Waals surface area (Å²) in [6.45, 7) is 0. The molecule has 0 amide bonds. The third-order valence-electron chi connectivity index (χ3n) is 2.24. The van der Waals surface area contributed by atoms with Gasteiger partial charge in [0.15, 0.2) is 0 Å². The van der Waals surface area contributed by atoms with Crippen LogP contribution in [0.1, 0.15) is 0 Å². The molecule has 0 saturated carbocycles. The molecule has 0 aliphatic carbocycles. The SMILES string of the molecule is CN(C)S(=O)(=O)N(SC(Cl)(Cl)C(F)(F)Cl)c1ccc(Cl)cc1. The van der Waals surface area contributed by atoms with Crippen molar-refractivity contribution in [1.82, 2.24) is 4.31 Å². The van der Waals surface area contributed by atoms with Gasteiger partial charge in [0.2, 0.25) is 0 Å². The summed E-state index contributed by atoms with van der Waals surface area (Å²) in [6.07, 6.45) is 0. The van der Waals surface area contributed by atoms with Gasteiger partial charge < -0.3 is 0 Å². The fourth-order valence-corrected chi connectivity index (χ4v) is 4.32. The van der Waals surface area contributed by atoms with E-state index in [2.05, 4.69) is 0 Å². The molecule has 0 aliphatic rings. The van der Waals surface area contributed by atoms with Crippen LogP contribution < -0.4 is 3.71 Å². The van der Waals surface area contributed by atoms with E-state index in [0.29, 0.717) is 8.73 Å². The summed E-state index contributed by atoms with van der Waals surface area (Å²) < 4.78 is 49.6. The molecule has 0 saturated heterocycles.